The second-order valence-corrected chi connectivity index (χ2v) is 7.62. The number of hydrogen-bond donors (Lipinski definition) is 1. The van der Waals surface area contributed by atoms with Gasteiger partial charge in [0.15, 0.2) is 5.13 Å². The number of carbonyl (C=O) groups is 2. The van der Waals surface area contributed by atoms with Crippen molar-refractivity contribution in [2.75, 3.05) is 18.4 Å². The summed E-state index contributed by atoms with van der Waals surface area (Å²) in [6.45, 7) is 6.40. The van der Waals surface area contributed by atoms with Crippen molar-refractivity contribution in [3.05, 3.63) is 46.5 Å². The van der Waals surface area contributed by atoms with Crippen LogP contribution in [0.2, 0.25) is 0 Å². The van der Waals surface area contributed by atoms with E-state index in [1.807, 2.05) is 39.0 Å². The Balaban J connectivity index is 1.57. The maximum atomic E-state index is 12.7. The van der Waals surface area contributed by atoms with Crippen LogP contribution in [0.1, 0.15) is 35.4 Å². The number of likely N-dealkylation sites (N-methyl/N-ethyl adjacent to an activating group) is 1. The average molecular weight is 357 g/mol. The Morgan fingerprint density at radius 1 is 1.28 bits per heavy atom. The molecule has 3 rings (SSSR count). The van der Waals surface area contributed by atoms with E-state index in [0.717, 1.165) is 17.0 Å². The molecule has 0 saturated heterocycles. The highest BCUT2D eigenvalue weighted by molar-refractivity contribution is 7.15. The number of hydrogen-bond acceptors (Lipinski definition) is 4. The van der Waals surface area contributed by atoms with Gasteiger partial charge in [-0.05, 0) is 38.7 Å². The Hall–Kier alpha value is -2.21. The molecular formula is C19H23N3O2S. The molecule has 1 saturated carbocycles. The Morgan fingerprint density at radius 2 is 2.00 bits per heavy atom. The number of benzene rings is 1. The van der Waals surface area contributed by atoms with Gasteiger partial charge in [-0.25, -0.2) is 4.98 Å². The fourth-order valence-electron chi connectivity index (χ4n) is 2.97. The quantitative estimate of drug-likeness (QED) is 0.862. The van der Waals surface area contributed by atoms with Crippen LogP contribution in [-0.2, 0) is 9.59 Å². The Morgan fingerprint density at radius 3 is 2.60 bits per heavy atom. The molecule has 1 aromatic carbocycles. The topological polar surface area (TPSA) is 62.3 Å². The fourth-order valence-corrected chi connectivity index (χ4v) is 3.81. The minimum absolute atomic E-state index is 0.000461. The average Bonchev–Trinajstić information content (AvgIpc) is 3.34. The van der Waals surface area contributed by atoms with E-state index in [1.165, 1.54) is 16.9 Å². The summed E-state index contributed by atoms with van der Waals surface area (Å²) in [6.07, 6.45) is 0.867. The number of anilines is 1. The smallest absolute Gasteiger partial charge is 0.245 e. The van der Waals surface area contributed by atoms with Gasteiger partial charge in [0.25, 0.3) is 0 Å². The molecule has 0 spiro atoms. The predicted molar refractivity (Wildman–Crippen MR) is 99.8 cm³/mol. The van der Waals surface area contributed by atoms with Gasteiger partial charge in [0, 0.05) is 17.3 Å². The molecule has 0 bridgehead atoms. The molecule has 132 valence electrons. The number of nitrogens with one attached hydrogen (secondary N) is 1. The van der Waals surface area contributed by atoms with Gasteiger partial charge in [-0.1, -0.05) is 30.3 Å². The third-order valence-corrected chi connectivity index (χ3v) is 5.63. The molecule has 1 heterocycles. The lowest BCUT2D eigenvalue weighted by atomic mass is 10.1. The summed E-state index contributed by atoms with van der Waals surface area (Å²) in [7, 11) is 0. The van der Waals surface area contributed by atoms with Gasteiger partial charge in [0.2, 0.25) is 11.8 Å². The van der Waals surface area contributed by atoms with Crippen LogP contribution in [-0.4, -0.2) is 34.8 Å². The zero-order chi connectivity index (χ0) is 18.0. The Bertz CT molecular complexity index is 753. The Labute approximate surface area is 152 Å². The SMILES string of the molecule is CCN(CC(=O)Nc1nc(C)c(C)s1)C(=O)C1CC1c1ccccc1. The molecule has 0 radical (unpaired) electrons. The van der Waals surface area contributed by atoms with Crippen molar-refractivity contribution in [1.29, 1.82) is 0 Å². The van der Waals surface area contributed by atoms with Crippen molar-refractivity contribution in [1.82, 2.24) is 9.88 Å². The number of carbonyl (C=O) groups excluding carboxylic acids is 2. The molecule has 25 heavy (non-hydrogen) atoms. The maximum Gasteiger partial charge on any atom is 0.245 e. The van der Waals surface area contributed by atoms with Gasteiger partial charge in [-0.3, -0.25) is 9.59 Å². The van der Waals surface area contributed by atoms with Crippen molar-refractivity contribution in [3.63, 3.8) is 0 Å². The zero-order valence-electron chi connectivity index (χ0n) is 14.8. The minimum atomic E-state index is -0.194. The molecule has 1 aliphatic carbocycles. The highest BCUT2D eigenvalue weighted by Gasteiger charge is 2.45. The first kappa shape index (κ1) is 17.6. The van der Waals surface area contributed by atoms with E-state index >= 15 is 0 Å². The number of aromatic nitrogens is 1. The van der Waals surface area contributed by atoms with Gasteiger partial charge >= 0.3 is 0 Å². The summed E-state index contributed by atoms with van der Waals surface area (Å²) in [5.74, 6) is 0.161. The summed E-state index contributed by atoms with van der Waals surface area (Å²) in [5.41, 5.74) is 2.13. The van der Waals surface area contributed by atoms with E-state index in [2.05, 4.69) is 22.4 Å². The third kappa shape index (κ3) is 4.07. The van der Waals surface area contributed by atoms with E-state index in [4.69, 9.17) is 0 Å². The summed E-state index contributed by atoms with van der Waals surface area (Å²) < 4.78 is 0. The second-order valence-electron chi connectivity index (χ2n) is 6.42. The molecule has 2 amide bonds. The molecule has 6 heteroatoms. The first-order chi connectivity index (χ1) is 12.0. The molecule has 1 aliphatic rings. The lowest BCUT2D eigenvalue weighted by Crippen LogP contribution is -2.39. The lowest BCUT2D eigenvalue weighted by molar-refractivity contribution is -0.135. The van der Waals surface area contributed by atoms with Crippen molar-refractivity contribution < 1.29 is 9.59 Å². The van der Waals surface area contributed by atoms with Gasteiger partial charge in [-0.2, -0.15) is 0 Å². The molecule has 2 unspecified atom stereocenters. The van der Waals surface area contributed by atoms with Crippen molar-refractivity contribution >= 4 is 28.3 Å². The molecule has 2 aromatic rings. The van der Waals surface area contributed by atoms with Crippen LogP contribution >= 0.6 is 11.3 Å². The third-order valence-electron chi connectivity index (χ3n) is 4.64. The van der Waals surface area contributed by atoms with E-state index in [1.54, 1.807) is 4.90 Å². The summed E-state index contributed by atoms with van der Waals surface area (Å²) in [4.78, 5) is 32.0. The number of aryl methyl sites for hydroxylation is 2. The van der Waals surface area contributed by atoms with Gasteiger partial charge < -0.3 is 10.2 Å². The Kier molecular flexibility index (Phi) is 5.18. The molecule has 1 aromatic heterocycles. The number of amides is 2. The second kappa shape index (κ2) is 7.35. The van der Waals surface area contributed by atoms with Crippen LogP contribution in [0, 0.1) is 19.8 Å². The summed E-state index contributed by atoms with van der Waals surface area (Å²) in [5, 5.41) is 3.39. The van der Waals surface area contributed by atoms with Crippen LogP contribution in [0.15, 0.2) is 30.3 Å². The van der Waals surface area contributed by atoms with Crippen LogP contribution in [0.3, 0.4) is 0 Å². The van der Waals surface area contributed by atoms with E-state index in [9.17, 15) is 9.59 Å². The van der Waals surface area contributed by atoms with Gasteiger partial charge in [0.1, 0.15) is 0 Å². The minimum Gasteiger partial charge on any atom is -0.333 e. The van der Waals surface area contributed by atoms with Crippen LogP contribution in [0.5, 0.6) is 0 Å². The van der Waals surface area contributed by atoms with Gasteiger partial charge in [0.05, 0.1) is 12.2 Å². The van der Waals surface area contributed by atoms with E-state index < -0.39 is 0 Å². The number of thiazole rings is 1. The van der Waals surface area contributed by atoms with Crippen molar-refractivity contribution in [2.45, 2.75) is 33.1 Å². The van der Waals surface area contributed by atoms with E-state index in [0.29, 0.717) is 11.7 Å². The van der Waals surface area contributed by atoms with Crippen LogP contribution in [0.4, 0.5) is 5.13 Å². The molecule has 0 aliphatic heterocycles. The normalized spacial score (nSPS) is 18.7. The summed E-state index contributed by atoms with van der Waals surface area (Å²) >= 11 is 1.46. The molecule has 2 atom stereocenters. The standard InChI is InChI=1S/C19H23N3O2S/c1-4-22(11-17(23)21-19-20-12(2)13(3)25-19)18(24)16-10-15(16)14-8-6-5-7-9-14/h5-9,15-16H,4,10-11H2,1-3H3,(H,20,21,23). The molecule has 5 nitrogen and oxygen atoms in total. The van der Waals surface area contributed by atoms with Gasteiger partial charge in [-0.15, -0.1) is 11.3 Å². The highest BCUT2D eigenvalue weighted by Crippen LogP contribution is 2.48. The summed E-state index contributed by atoms with van der Waals surface area (Å²) in [6, 6.07) is 10.1. The fraction of sp³-hybridized carbons (Fsp3) is 0.421. The monoisotopic (exact) mass is 357 g/mol. The molecular weight excluding hydrogens is 334 g/mol. The largest absolute Gasteiger partial charge is 0.333 e. The lowest BCUT2D eigenvalue weighted by Gasteiger charge is -2.20. The van der Waals surface area contributed by atoms with Crippen molar-refractivity contribution in [2.24, 2.45) is 5.92 Å². The first-order valence-corrected chi connectivity index (χ1v) is 9.38. The van der Waals surface area contributed by atoms with E-state index in [-0.39, 0.29) is 30.2 Å². The van der Waals surface area contributed by atoms with Crippen LogP contribution < -0.4 is 5.32 Å². The van der Waals surface area contributed by atoms with Crippen LogP contribution in [0.25, 0.3) is 0 Å². The first-order valence-electron chi connectivity index (χ1n) is 8.57. The zero-order valence-corrected chi connectivity index (χ0v) is 15.6. The number of nitrogens with zero attached hydrogens (tertiary/aromatic N) is 2. The number of rotatable bonds is 6. The van der Waals surface area contributed by atoms with Crippen molar-refractivity contribution in [3.8, 4) is 0 Å². The molecule has 1 N–H and O–H groups in total. The molecule has 1 fully saturated rings. The maximum absolute atomic E-state index is 12.7. The highest BCUT2D eigenvalue weighted by atomic mass is 32.1. The predicted octanol–water partition coefficient (Wildman–Crippen LogP) is 3.35.